The van der Waals surface area contributed by atoms with Crippen molar-refractivity contribution in [2.75, 3.05) is 17.2 Å². The Morgan fingerprint density at radius 2 is 2.17 bits per heavy atom. The molecule has 5 heterocycles. The molecular formula is C22H20N8O8S4. The highest BCUT2D eigenvalue weighted by atomic mass is 32.2. The lowest BCUT2D eigenvalue weighted by molar-refractivity contribution is -0.150. The first-order valence-electron chi connectivity index (χ1n) is 11.8. The molecule has 1 saturated heterocycles. The van der Waals surface area contributed by atoms with Crippen molar-refractivity contribution < 1.29 is 39.3 Å². The maximum absolute atomic E-state index is 13.3. The van der Waals surface area contributed by atoms with Crippen LogP contribution in [0.4, 0.5) is 5.13 Å². The van der Waals surface area contributed by atoms with Crippen LogP contribution in [0.25, 0.3) is 0 Å². The van der Waals surface area contributed by atoms with Crippen LogP contribution in [0.3, 0.4) is 0 Å². The molecule has 2 aromatic heterocycles. The van der Waals surface area contributed by atoms with Gasteiger partial charge >= 0.3 is 5.97 Å². The number of aliphatic hydroxyl groups is 2. The number of aliphatic hydroxyl groups excluding tert-OH is 2. The molecule has 5 rings (SSSR count). The Morgan fingerprint density at radius 1 is 1.38 bits per heavy atom. The fraction of sp³-hybridized carbons (Fsp3) is 0.318. The molecular weight excluding hydrogens is 633 g/mol. The van der Waals surface area contributed by atoms with Gasteiger partial charge in [-0.15, -0.1) is 40.0 Å². The molecule has 6 N–H and O–H groups in total. The zero-order valence-corrected chi connectivity index (χ0v) is 24.5. The standard InChI is InChI=1S/C22H20N8O8S4/c1-7-16(32)11(31)2-9(25-7)21(37)38-28-13(10-6-41-22(23)26-10)17(33)27-14-18(34)30-15(20(35)36)8(5-40-19(14)30)4-39-12-3-24-29-42-12/h2-3,6,14,16,19,21,32,37H,4-5H2,1H3,(H2,23,26)(H,27,33)(H,35,36)/b28-13-/t14?,16?,19-,21?/m0/s1. The van der Waals surface area contributed by atoms with E-state index in [2.05, 4.69) is 30.0 Å². The second kappa shape index (κ2) is 12.3. The van der Waals surface area contributed by atoms with E-state index in [-0.39, 0.29) is 27.9 Å². The van der Waals surface area contributed by atoms with Crippen LogP contribution < -0.4 is 11.1 Å². The lowest BCUT2D eigenvalue weighted by Crippen LogP contribution is -2.71. The van der Waals surface area contributed by atoms with E-state index in [0.717, 1.165) is 26.5 Å². The van der Waals surface area contributed by atoms with Gasteiger partial charge in [0, 0.05) is 23.0 Å². The Balaban J connectivity index is 1.32. The molecule has 3 aliphatic heterocycles. The topological polar surface area (TPSA) is 243 Å². The number of nitrogen functional groups attached to an aromatic ring is 1. The SMILES string of the molecule is CC1=NC(C(O)O/N=C(\C(=O)NC2C(=O)N3C(C(=O)O)=C(CSc4cnns4)CS[C@@H]23)c2csc(N)n2)=CC(=O)C1O. The highest BCUT2D eigenvalue weighted by Crippen LogP contribution is 2.41. The summed E-state index contributed by atoms with van der Waals surface area (Å²) < 4.78 is 4.57. The fourth-order valence-electron chi connectivity index (χ4n) is 4.00. The number of aromatic nitrogens is 3. The normalized spacial score (nSPS) is 23.1. The Hall–Kier alpha value is -3.69. The molecule has 20 heteroatoms. The molecule has 2 amide bonds. The number of fused-ring (bicyclic) bond motifs is 1. The predicted octanol–water partition coefficient (Wildman–Crippen LogP) is -0.565. The molecule has 0 radical (unpaired) electrons. The zero-order chi connectivity index (χ0) is 30.1. The van der Waals surface area contributed by atoms with Crippen LogP contribution in [0.1, 0.15) is 12.6 Å². The molecule has 3 aliphatic rings. The quantitative estimate of drug-likeness (QED) is 0.0710. The van der Waals surface area contributed by atoms with Crippen molar-refractivity contribution in [1.29, 1.82) is 0 Å². The largest absolute Gasteiger partial charge is 0.477 e. The smallest absolute Gasteiger partial charge is 0.352 e. The molecule has 0 saturated carbocycles. The Bertz CT molecular complexity index is 1570. The average molecular weight is 653 g/mol. The highest BCUT2D eigenvalue weighted by Gasteiger charge is 2.54. The summed E-state index contributed by atoms with van der Waals surface area (Å²) in [4.78, 5) is 64.5. The number of thiazole rings is 1. The average Bonchev–Trinajstić information content (AvgIpc) is 3.64. The summed E-state index contributed by atoms with van der Waals surface area (Å²) in [5, 5.41) is 40.8. The molecule has 0 bridgehead atoms. The number of anilines is 1. The summed E-state index contributed by atoms with van der Waals surface area (Å²) in [5.41, 5.74) is 5.43. The van der Waals surface area contributed by atoms with Gasteiger partial charge in [-0.1, -0.05) is 9.64 Å². The van der Waals surface area contributed by atoms with E-state index >= 15 is 0 Å². The van der Waals surface area contributed by atoms with E-state index in [9.17, 15) is 34.5 Å². The van der Waals surface area contributed by atoms with Gasteiger partial charge in [-0.2, -0.15) is 0 Å². The molecule has 0 aromatic carbocycles. The van der Waals surface area contributed by atoms with Crippen LogP contribution in [0.15, 0.2) is 49.0 Å². The number of nitrogens with zero attached hydrogens (tertiary/aromatic N) is 6. The van der Waals surface area contributed by atoms with Crippen molar-refractivity contribution in [1.82, 2.24) is 24.8 Å². The third-order valence-corrected chi connectivity index (χ3v) is 9.94. The summed E-state index contributed by atoms with van der Waals surface area (Å²) in [6.45, 7) is 1.39. The predicted molar refractivity (Wildman–Crippen MR) is 153 cm³/mol. The highest BCUT2D eigenvalue weighted by molar-refractivity contribution is 8.01. The first kappa shape index (κ1) is 29.8. The summed E-state index contributed by atoms with van der Waals surface area (Å²) in [7, 11) is 0. The summed E-state index contributed by atoms with van der Waals surface area (Å²) in [5.74, 6) is -2.90. The number of amides is 2. The number of nitrogens with one attached hydrogen (secondary N) is 1. The number of nitrogens with two attached hydrogens (primary N) is 1. The van der Waals surface area contributed by atoms with Crippen molar-refractivity contribution in [2.45, 2.75) is 34.9 Å². The second-order valence-corrected chi connectivity index (χ2v) is 12.8. The van der Waals surface area contributed by atoms with E-state index in [1.807, 2.05) is 0 Å². The van der Waals surface area contributed by atoms with Crippen molar-refractivity contribution in [3.05, 3.63) is 40.3 Å². The Labute approximate surface area is 252 Å². The molecule has 3 unspecified atom stereocenters. The number of carboxylic acids is 1. The molecule has 1 fully saturated rings. The van der Waals surface area contributed by atoms with Crippen LogP contribution in [-0.2, 0) is 24.0 Å². The lowest BCUT2D eigenvalue weighted by Gasteiger charge is -2.49. The van der Waals surface area contributed by atoms with Crippen LogP contribution in [0.2, 0.25) is 0 Å². The van der Waals surface area contributed by atoms with E-state index in [1.165, 1.54) is 47.4 Å². The molecule has 42 heavy (non-hydrogen) atoms. The van der Waals surface area contributed by atoms with Gasteiger partial charge in [-0.05, 0) is 24.0 Å². The molecule has 220 valence electrons. The number of hydrogen-bond donors (Lipinski definition) is 5. The lowest BCUT2D eigenvalue weighted by atomic mass is 10.0. The first-order valence-corrected chi connectivity index (χ1v) is 15.5. The minimum absolute atomic E-state index is 0.0195. The minimum atomic E-state index is -1.88. The van der Waals surface area contributed by atoms with Gasteiger partial charge in [0.15, 0.2) is 22.7 Å². The van der Waals surface area contributed by atoms with Crippen molar-refractivity contribution in [3.63, 3.8) is 0 Å². The van der Waals surface area contributed by atoms with E-state index < -0.39 is 53.1 Å². The summed E-state index contributed by atoms with van der Waals surface area (Å²) >= 11 is 4.82. The monoisotopic (exact) mass is 652 g/mol. The number of rotatable bonds is 10. The van der Waals surface area contributed by atoms with Crippen LogP contribution in [0, 0.1) is 0 Å². The number of aliphatic imine (C=N–C) groups is 1. The molecule has 0 spiro atoms. The van der Waals surface area contributed by atoms with Gasteiger partial charge in [0.25, 0.3) is 18.1 Å². The van der Waals surface area contributed by atoms with E-state index in [4.69, 9.17) is 10.6 Å². The Kier molecular flexibility index (Phi) is 8.70. The van der Waals surface area contributed by atoms with Gasteiger partial charge in [-0.25, -0.2) is 9.78 Å². The zero-order valence-electron chi connectivity index (χ0n) is 21.2. The van der Waals surface area contributed by atoms with Gasteiger partial charge in [0.05, 0.1) is 11.9 Å². The number of β-lactam (4-membered cyclic amide) rings is 1. The van der Waals surface area contributed by atoms with Crippen LogP contribution in [-0.4, -0.2) is 105 Å². The number of carboxylic acid groups (broad SMARTS) is 1. The number of ketones is 1. The third kappa shape index (κ3) is 5.94. The third-order valence-electron chi connectivity index (χ3n) is 6.00. The summed E-state index contributed by atoms with van der Waals surface area (Å²) in [6, 6.07) is -1.09. The number of oxime groups is 1. The fourth-order valence-corrected chi connectivity index (χ4v) is 7.45. The number of carbonyl (C=O) groups excluding carboxylic acids is 3. The molecule has 2 aromatic rings. The van der Waals surface area contributed by atoms with Crippen LogP contribution >= 0.6 is 46.4 Å². The first-order chi connectivity index (χ1) is 20.0. The number of carbonyl (C=O) groups is 4. The number of aliphatic carboxylic acids is 1. The molecule has 4 atom stereocenters. The number of hydrogen-bond acceptors (Lipinski definition) is 17. The van der Waals surface area contributed by atoms with Gasteiger partial charge in [-0.3, -0.25) is 24.3 Å². The van der Waals surface area contributed by atoms with Gasteiger partial charge in [0.2, 0.25) is 0 Å². The maximum atomic E-state index is 13.3. The van der Waals surface area contributed by atoms with Crippen LogP contribution in [0.5, 0.6) is 0 Å². The van der Waals surface area contributed by atoms with Crippen molar-refractivity contribution in [2.24, 2.45) is 10.1 Å². The Morgan fingerprint density at radius 3 is 2.81 bits per heavy atom. The summed E-state index contributed by atoms with van der Waals surface area (Å²) in [6.07, 6.45) is -0.875. The van der Waals surface area contributed by atoms with Crippen molar-refractivity contribution in [3.8, 4) is 0 Å². The second-order valence-electron chi connectivity index (χ2n) is 8.74. The molecule has 16 nitrogen and oxygen atoms in total. The van der Waals surface area contributed by atoms with E-state index in [0.29, 0.717) is 17.1 Å². The van der Waals surface area contributed by atoms with Crippen molar-refractivity contribution >= 4 is 86.5 Å². The maximum Gasteiger partial charge on any atom is 0.352 e. The molecule has 0 aliphatic carbocycles. The van der Waals surface area contributed by atoms with E-state index in [1.54, 1.807) is 6.20 Å². The minimum Gasteiger partial charge on any atom is -0.477 e. The number of thioether (sulfide) groups is 2. The van der Waals surface area contributed by atoms with Gasteiger partial charge in [0.1, 0.15) is 32.7 Å². The van der Waals surface area contributed by atoms with Gasteiger partial charge < -0.3 is 31.2 Å².